The minimum Gasteiger partial charge on any atom is -0.387 e. The highest BCUT2D eigenvalue weighted by molar-refractivity contribution is 5.36. The maximum atomic E-state index is 10.0. The van der Waals surface area contributed by atoms with E-state index in [1.54, 1.807) is 24.3 Å². The van der Waals surface area contributed by atoms with E-state index in [-0.39, 0.29) is 0 Å². The van der Waals surface area contributed by atoms with E-state index in [1.807, 2.05) is 32.9 Å². The van der Waals surface area contributed by atoms with Crippen molar-refractivity contribution < 1.29 is 5.11 Å². The van der Waals surface area contributed by atoms with Gasteiger partial charge in [-0.05, 0) is 24.6 Å². The predicted molar refractivity (Wildman–Crippen MR) is 82.7 cm³/mol. The molecule has 2 N–H and O–H groups in total. The fraction of sp³-hybridized carbons (Fsp3) is 0.312. The molecule has 1 aromatic heterocycles. The van der Waals surface area contributed by atoms with E-state index in [1.165, 1.54) is 6.33 Å². The quantitative estimate of drug-likeness (QED) is 0.902. The number of anilines is 1. The largest absolute Gasteiger partial charge is 0.387 e. The number of nitrogens with zero attached hydrogens (tertiary/aromatic N) is 3. The lowest BCUT2D eigenvalue weighted by atomic mass is 10.1. The Balaban J connectivity index is 0.00000106. The van der Waals surface area contributed by atoms with Gasteiger partial charge in [0.05, 0.1) is 17.7 Å². The average Bonchev–Trinajstić information content (AvgIpc) is 2.54. The van der Waals surface area contributed by atoms with Crippen LogP contribution in [0.2, 0.25) is 0 Å². The number of aryl methyl sites for hydroxylation is 1. The first-order valence-electron chi connectivity index (χ1n) is 6.89. The molecule has 0 radical (unpaired) electrons. The average molecular weight is 284 g/mol. The van der Waals surface area contributed by atoms with Crippen molar-refractivity contribution in [2.24, 2.45) is 0 Å². The Kier molecular flexibility index (Phi) is 6.85. The molecular formula is C16H20N4O. The highest BCUT2D eigenvalue weighted by Gasteiger charge is 2.07. The van der Waals surface area contributed by atoms with Crippen LogP contribution in [-0.2, 0) is 0 Å². The second-order valence-electron chi connectivity index (χ2n) is 4.18. The summed E-state index contributed by atoms with van der Waals surface area (Å²) in [6.07, 6.45) is 0.828. The molecule has 0 amide bonds. The van der Waals surface area contributed by atoms with Gasteiger partial charge in [0, 0.05) is 18.3 Å². The molecule has 0 aliphatic heterocycles. The van der Waals surface area contributed by atoms with Gasteiger partial charge in [-0.2, -0.15) is 5.26 Å². The van der Waals surface area contributed by atoms with Gasteiger partial charge in [0.1, 0.15) is 12.1 Å². The Hall–Kier alpha value is -2.45. The summed E-state index contributed by atoms with van der Waals surface area (Å²) in [6.45, 7) is 6.23. The highest BCUT2D eigenvalue weighted by Crippen LogP contribution is 2.14. The van der Waals surface area contributed by atoms with Gasteiger partial charge in [-0.1, -0.05) is 26.0 Å². The van der Waals surface area contributed by atoms with Crippen LogP contribution in [0.15, 0.2) is 36.7 Å². The molecule has 5 nitrogen and oxygen atoms in total. The lowest BCUT2D eigenvalue weighted by molar-refractivity contribution is 0.191. The van der Waals surface area contributed by atoms with E-state index in [0.717, 1.165) is 11.3 Å². The third-order valence-corrected chi connectivity index (χ3v) is 2.70. The van der Waals surface area contributed by atoms with Gasteiger partial charge >= 0.3 is 0 Å². The van der Waals surface area contributed by atoms with Gasteiger partial charge in [0.15, 0.2) is 0 Å². The summed E-state index contributed by atoms with van der Waals surface area (Å²) < 4.78 is 0. The molecule has 0 saturated carbocycles. The number of nitriles is 1. The van der Waals surface area contributed by atoms with Gasteiger partial charge in [0.25, 0.3) is 0 Å². The third kappa shape index (κ3) is 5.21. The number of hydrogen-bond donors (Lipinski definition) is 2. The Morgan fingerprint density at radius 1 is 1.24 bits per heavy atom. The van der Waals surface area contributed by atoms with Crippen molar-refractivity contribution in [3.8, 4) is 6.07 Å². The first kappa shape index (κ1) is 16.6. The number of rotatable bonds is 4. The lowest BCUT2D eigenvalue weighted by Gasteiger charge is -2.12. The van der Waals surface area contributed by atoms with Crippen molar-refractivity contribution in [1.29, 1.82) is 5.26 Å². The van der Waals surface area contributed by atoms with Crippen molar-refractivity contribution in [2.75, 3.05) is 11.9 Å². The van der Waals surface area contributed by atoms with E-state index in [2.05, 4.69) is 15.3 Å². The Morgan fingerprint density at radius 2 is 1.90 bits per heavy atom. The van der Waals surface area contributed by atoms with E-state index in [9.17, 15) is 5.11 Å². The second kappa shape index (κ2) is 8.67. The standard InChI is InChI=1S/C14H14N4O.C2H6/c1-10-6-14(18-9-17-10)16-8-13(19)12-4-2-11(7-15)3-5-12;1-2/h2-6,9,13,19H,8H2,1H3,(H,16,17,18);1-2H3. The molecule has 0 aliphatic carbocycles. The Morgan fingerprint density at radius 3 is 2.48 bits per heavy atom. The first-order valence-corrected chi connectivity index (χ1v) is 6.89. The van der Waals surface area contributed by atoms with E-state index in [4.69, 9.17) is 5.26 Å². The molecule has 21 heavy (non-hydrogen) atoms. The minimum absolute atomic E-state index is 0.350. The normalized spacial score (nSPS) is 10.8. The van der Waals surface area contributed by atoms with Crippen LogP contribution < -0.4 is 5.32 Å². The maximum Gasteiger partial charge on any atom is 0.129 e. The molecule has 2 aromatic rings. The van der Waals surface area contributed by atoms with E-state index >= 15 is 0 Å². The number of benzene rings is 1. The third-order valence-electron chi connectivity index (χ3n) is 2.70. The SMILES string of the molecule is CC.Cc1cc(NCC(O)c2ccc(C#N)cc2)ncn1. The lowest BCUT2D eigenvalue weighted by Crippen LogP contribution is -2.13. The molecule has 0 fully saturated rings. The fourth-order valence-electron chi connectivity index (χ4n) is 1.65. The zero-order chi connectivity index (χ0) is 15.7. The molecule has 1 atom stereocenters. The molecule has 1 heterocycles. The van der Waals surface area contributed by atoms with Gasteiger partial charge in [0.2, 0.25) is 0 Å². The minimum atomic E-state index is -0.650. The summed E-state index contributed by atoms with van der Waals surface area (Å²) in [5, 5.41) is 21.8. The van der Waals surface area contributed by atoms with Crippen LogP contribution >= 0.6 is 0 Å². The van der Waals surface area contributed by atoms with E-state index < -0.39 is 6.10 Å². The van der Waals surface area contributed by atoms with Crippen LogP contribution in [0, 0.1) is 18.3 Å². The summed E-state index contributed by atoms with van der Waals surface area (Å²) in [7, 11) is 0. The van der Waals surface area contributed by atoms with Crippen LogP contribution in [0.3, 0.4) is 0 Å². The molecule has 0 spiro atoms. The van der Waals surface area contributed by atoms with Gasteiger partial charge < -0.3 is 10.4 Å². The van der Waals surface area contributed by atoms with Crippen LogP contribution in [0.1, 0.15) is 36.8 Å². The zero-order valence-corrected chi connectivity index (χ0v) is 12.5. The van der Waals surface area contributed by atoms with Crippen molar-refractivity contribution in [3.05, 3.63) is 53.5 Å². The first-order chi connectivity index (χ1) is 10.2. The van der Waals surface area contributed by atoms with E-state index in [0.29, 0.717) is 17.9 Å². The molecule has 0 aliphatic rings. The number of aliphatic hydroxyl groups is 1. The molecule has 0 saturated heterocycles. The monoisotopic (exact) mass is 284 g/mol. The summed E-state index contributed by atoms with van der Waals surface area (Å²) in [4.78, 5) is 8.06. The van der Waals surface area contributed by atoms with Crippen LogP contribution in [-0.4, -0.2) is 21.6 Å². The molecule has 110 valence electrons. The second-order valence-corrected chi connectivity index (χ2v) is 4.18. The molecule has 1 unspecified atom stereocenters. The van der Waals surface area contributed by atoms with Gasteiger partial charge in [-0.25, -0.2) is 9.97 Å². The van der Waals surface area contributed by atoms with Crippen LogP contribution in [0.25, 0.3) is 0 Å². The Bertz CT molecular complexity index is 590. The number of nitrogens with one attached hydrogen (secondary N) is 1. The smallest absolute Gasteiger partial charge is 0.129 e. The van der Waals surface area contributed by atoms with Crippen molar-refractivity contribution >= 4 is 5.82 Å². The molecule has 1 aromatic carbocycles. The highest BCUT2D eigenvalue weighted by atomic mass is 16.3. The van der Waals surface area contributed by atoms with Crippen molar-refractivity contribution in [3.63, 3.8) is 0 Å². The van der Waals surface area contributed by atoms with Gasteiger partial charge in [-0.3, -0.25) is 0 Å². The maximum absolute atomic E-state index is 10.0. The summed E-state index contributed by atoms with van der Waals surface area (Å²) >= 11 is 0. The van der Waals surface area contributed by atoms with Crippen LogP contribution in [0.5, 0.6) is 0 Å². The Labute approximate surface area is 125 Å². The van der Waals surface area contributed by atoms with Crippen LogP contribution in [0.4, 0.5) is 5.82 Å². The molecular weight excluding hydrogens is 264 g/mol. The van der Waals surface area contributed by atoms with Crippen molar-refractivity contribution in [2.45, 2.75) is 26.9 Å². The summed E-state index contributed by atoms with van der Waals surface area (Å²) in [5.41, 5.74) is 2.21. The summed E-state index contributed by atoms with van der Waals surface area (Å²) in [6, 6.07) is 10.7. The number of aliphatic hydroxyl groups excluding tert-OH is 1. The number of hydrogen-bond acceptors (Lipinski definition) is 5. The predicted octanol–water partition coefficient (Wildman–Crippen LogP) is 2.83. The van der Waals surface area contributed by atoms with Gasteiger partial charge in [-0.15, -0.1) is 0 Å². The fourth-order valence-corrected chi connectivity index (χ4v) is 1.65. The molecule has 2 rings (SSSR count). The zero-order valence-electron chi connectivity index (χ0n) is 12.5. The molecule has 5 heteroatoms. The summed E-state index contributed by atoms with van der Waals surface area (Å²) in [5.74, 6) is 0.681. The number of aromatic nitrogens is 2. The topological polar surface area (TPSA) is 81.8 Å². The van der Waals surface area contributed by atoms with Crippen molar-refractivity contribution in [1.82, 2.24) is 9.97 Å². The molecule has 0 bridgehead atoms.